The molecule has 0 bridgehead atoms. The first-order chi connectivity index (χ1) is 10.6. The van der Waals surface area contributed by atoms with Gasteiger partial charge >= 0.3 is 0 Å². The Hall–Kier alpha value is -1.59. The van der Waals surface area contributed by atoms with Gasteiger partial charge in [0, 0.05) is 36.8 Å². The fraction of sp³-hybridized carbons (Fsp3) is 0.500. The summed E-state index contributed by atoms with van der Waals surface area (Å²) in [4.78, 5) is 25.9. The van der Waals surface area contributed by atoms with Gasteiger partial charge < -0.3 is 15.0 Å². The van der Waals surface area contributed by atoms with Crippen LogP contribution in [0.3, 0.4) is 0 Å². The number of carbonyl (C=O) groups is 2. The molecule has 0 saturated carbocycles. The number of carbonyl (C=O) groups excluding carboxylic acids is 2. The Morgan fingerprint density at radius 2 is 2.09 bits per heavy atom. The van der Waals surface area contributed by atoms with Crippen molar-refractivity contribution >= 4 is 23.4 Å². The van der Waals surface area contributed by atoms with Gasteiger partial charge in [0.25, 0.3) is 5.91 Å². The summed E-state index contributed by atoms with van der Waals surface area (Å²) >= 11 is 5.89. The van der Waals surface area contributed by atoms with Gasteiger partial charge in [-0.05, 0) is 31.0 Å². The Bertz CT molecular complexity index is 528. The number of nitrogens with one attached hydrogen (secondary N) is 1. The van der Waals surface area contributed by atoms with E-state index in [-0.39, 0.29) is 17.9 Å². The number of hydrogen-bond donors (Lipinski definition) is 1. The average molecular weight is 325 g/mol. The Kier molecular flexibility index (Phi) is 6.21. The molecule has 22 heavy (non-hydrogen) atoms. The lowest BCUT2D eigenvalue weighted by Gasteiger charge is -2.32. The van der Waals surface area contributed by atoms with Gasteiger partial charge in [0.15, 0.2) is 0 Å². The lowest BCUT2D eigenvalue weighted by atomic mass is 10.0. The quantitative estimate of drug-likeness (QED) is 0.902. The minimum Gasteiger partial charge on any atom is -0.384 e. The first-order valence-electron chi connectivity index (χ1n) is 7.43. The van der Waals surface area contributed by atoms with E-state index in [0.29, 0.717) is 36.7 Å². The first-order valence-corrected chi connectivity index (χ1v) is 7.81. The maximum atomic E-state index is 12.2. The highest BCUT2D eigenvalue weighted by Gasteiger charge is 2.23. The molecule has 0 aromatic heterocycles. The lowest BCUT2D eigenvalue weighted by molar-refractivity contribution is -0.133. The van der Waals surface area contributed by atoms with Crippen molar-refractivity contribution in [1.82, 2.24) is 10.2 Å². The van der Waals surface area contributed by atoms with E-state index in [4.69, 9.17) is 16.3 Å². The van der Waals surface area contributed by atoms with Crippen molar-refractivity contribution in [2.75, 3.05) is 26.8 Å². The van der Waals surface area contributed by atoms with Gasteiger partial charge in [0.05, 0.1) is 13.0 Å². The molecule has 0 aliphatic carbocycles. The van der Waals surface area contributed by atoms with Gasteiger partial charge in [0.1, 0.15) is 0 Å². The molecule has 1 aliphatic heterocycles. The van der Waals surface area contributed by atoms with Crippen LogP contribution in [0.5, 0.6) is 0 Å². The minimum absolute atomic E-state index is 0.0953. The number of likely N-dealkylation sites (tertiary alicyclic amines) is 1. The molecule has 1 saturated heterocycles. The molecular formula is C16H21ClN2O3. The third-order valence-electron chi connectivity index (χ3n) is 3.79. The summed E-state index contributed by atoms with van der Waals surface area (Å²) in [6.45, 7) is 1.79. The Balaban J connectivity index is 1.80. The van der Waals surface area contributed by atoms with Crippen LogP contribution in [0.4, 0.5) is 0 Å². The van der Waals surface area contributed by atoms with E-state index in [0.717, 1.165) is 12.8 Å². The molecule has 0 radical (unpaired) electrons. The van der Waals surface area contributed by atoms with Gasteiger partial charge in [-0.25, -0.2) is 0 Å². The van der Waals surface area contributed by atoms with Crippen LogP contribution in [0.1, 0.15) is 29.6 Å². The van der Waals surface area contributed by atoms with Gasteiger partial charge in [-0.1, -0.05) is 17.7 Å². The van der Waals surface area contributed by atoms with Crippen LogP contribution in [0.15, 0.2) is 24.3 Å². The van der Waals surface area contributed by atoms with Crippen molar-refractivity contribution in [1.29, 1.82) is 0 Å². The summed E-state index contributed by atoms with van der Waals surface area (Å²) < 4.78 is 4.92. The molecule has 0 unspecified atom stereocenters. The SMILES string of the molecule is COCCC(=O)N1CCC(NC(=O)c2cccc(Cl)c2)CC1. The van der Waals surface area contributed by atoms with Crippen LogP contribution in [0.2, 0.25) is 5.02 Å². The number of nitrogens with zero attached hydrogens (tertiary/aromatic N) is 1. The van der Waals surface area contributed by atoms with Crippen LogP contribution in [-0.2, 0) is 9.53 Å². The van der Waals surface area contributed by atoms with Crippen LogP contribution in [0.25, 0.3) is 0 Å². The van der Waals surface area contributed by atoms with Crippen LogP contribution >= 0.6 is 11.6 Å². The molecule has 1 N–H and O–H groups in total. The number of ether oxygens (including phenoxy) is 1. The largest absolute Gasteiger partial charge is 0.384 e. The number of hydrogen-bond acceptors (Lipinski definition) is 3. The van der Waals surface area contributed by atoms with E-state index in [1.54, 1.807) is 31.4 Å². The molecule has 120 valence electrons. The minimum atomic E-state index is -0.119. The molecule has 1 heterocycles. The molecule has 1 aliphatic rings. The second kappa shape index (κ2) is 8.15. The summed E-state index contributed by atoms with van der Waals surface area (Å²) in [6.07, 6.45) is 1.95. The highest BCUT2D eigenvalue weighted by Crippen LogP contribution is 2.14. The van der Waals surface area contributed by atoms with Crippen molar-refractivity contribution in [3.8, 4) is 0 Å². The smallest absolute Gasteiger partial charge is 0.251 e. The summed E-state index contributed by atoms with van der Waals surface area (Å²) in [5.41, 5.74) is 0.561. The molecule has 1 fully saturated rings. The molecule has 0 spiro atoms. The fourth-order valence-corrected chi connectivity index (χ4v) is 2.71. The molecular weight excluding hydrogens is 304 g/mol. The predicted octanol–water partition coefficient (Wildman–Crippen LogP) is 2.10. The lowest BCUT2D eigenvalue weighted by Crippen LogP contribution is -2.46. The van der Waals surface area contributed by atoms with E-state index < -0.39 is 0 Å². The molecule has 6 heteroatoms. The number of rotatable bonds is 5. The third-order valence-corrected chi connectivity index (χ3v) is 4.02. The zero-order valence-corrected chi connectivity index (χ0v) is 13.4. The van der Waals surface area contributed by atoms with E-state index in [9.17, 15) is 9.59 Å². The zero-order chi connectivity index (χ0) is 15.9. The molecule has 0 atom stereocenters. The predicted molar refractivity (Wildman–Crippen MR) is 85.0 cm³/mol. The summed E-state index contributed by atoms with van der Waals surface area (Å²) in [6, 6.07) is 6.99. The van der Waals surface area contributed by atoms with Gasteiger partial charge in [0.2, 0.25) is 5.91 Å². The van der Waals surface area contributed by atoms with Crippen molar-refractivity contribution < 1.29 is 14.3 Å². The van der Waals surface area contributed by atoms with Crippen LogP contribution in [0, 0.1) is 0 Å². The topological polar surface area (TPSA) is 58.6 Å². The second-order valence-electron chi connectivity index (χ2n) is 5.38. The molecule has 2 rings (SSSR count). The number of piperidine rings is 1. The standard InChI is InChI=1S/C16H21ClN2O3/c1-22-10-7-15(20)19-8-5-14(6-9-19)18-16(21)12-3-2-4-13(17)11-12/h2-4,11,14H,5-10H2,1H3,(H,18,21). The number of amides is 2. The number of methoxy groups -OCH3 is 1. The number of benzene rings is 1. The highest BCUT2D eigenvalue weighted by atomic mass is 35.5. The fourth-order valence-electron chi connectivity index (χ4n) is 2.52. The van der Waals surface area contributed by atoms with Gasteiger partial charge in [-0.15, -0.1) is 0 Å². The molecule has 1 aromatic rings. The third kappa shape index (κ3) is 4.71. The van der Waals surface area contributed by atoms with Crippen molar-refractivity contribution in [2.45, 2.75) is 25.3 Å². The Morgan fingerprint density at radius 1 is 1.36 bits per heavy atom. The monoisotopic (exact) mass is 324 g/mol. The van der Waals surface area contributed by atoms with Crippen LogP contribution < -0.4 is 5.32 Å². The molecule has 2 amide bonds. The van der Waals surface area contributed by atoms with Crippen molar-refractivity contribution in [2.24, 2.45) is 0 Å². The molecule has 5 nitrogen and oxygen atoms in total. The van der Waals surface area contributed by atoms with E-state index >= 15 is 0 Å². The Labute approximate surface area is 135 Å². The van der Waals surface area contributed by atoms with E-state index in [2.05, 4.69) is 5.32 Å². The zero-order valence-electron chi connectivity index (χ0n) is 12.7. The van der Waals surface area contributed by atoms with Crippen molar-refractivity contribution in [3.63, 3.8) is 0 Å². The maximum Gasteiger partial charge on any atom is 0.251 e. The normalized spacial score (nSPS) is 15.6. The summed E-state index contributed by atoms with van der Waals surface area (Å²) in [5.74, 6) is -0.00636. The second-order valence-corrected chi connectivity index (χ2v) is 5.82. The van der Waals surface area contributed by atoms with Gasteiger partial charge in [-0.3, -0.25) is 9.59 Å². The van der Waals surface area contributed by atoms with Gasteiger partial charge in [-0.2, -0.15) is 0 Å². The first kappa shape index (κ1) is 16.8. The average Bonchev–Trinajstić information content (AvgIpc) is 2.53. The van der Waals surface area contributed by atoms with E-state index in [1.807, 2.05) is 4.90 Å². The number of halogens is 1. The van der Waals surface area contributed by atoms with Crippen molar-refractivity contribution in [3.05, 3.63) is 34.9 Å². The highest BCUT2D eigenvalue weighted by molar-refractivity contribution is 6.30. The van der Waals surface area contributed by atoms with Crippen LogP contribution in [-0.4, -0.2) is 49.6 Å². The summed E-state index contributed by atoms with van der Waals surface area (Å²) in [7, 11) is 1.59. The summed E-state index contributed by atoms with van der Waals surface area (Å²) in [5, 5.41) is 3.55. The van der Waals surface area contributed by atoms with E-state index in [1.165, 1.54) is 0 Å². The molecule has 1 aromatic carbocycles. The maximum absolute atomic E-state index is 12.2. The Morgan fingerprint density at radius 3 is 2.73 bits per heavy atom.